The second-order valence-electron chi connectivity index (χ2n) is 4.51. The smallest absolute Gasteiger partial charge is 0.355 e. The molecule has 0 atom stereocenters. The molecule has 2 aromatic carbocycles. The average molecular weight is 383 g/mol. The normalized spacial score (nSPS) is 11.7. The minimum Gasteiger partial charge on any atom is -0.422 e. The van der Waals surface area contributed by atoms with E-state index >= 15 is 0 Å². The highest BCUT2D eigenvalue weighted by Crippen LogP contribution is 2.25. The number of hydrogen-bond donors (Lipinski definition) is 0. The molecule has 0 aliphatic heterocycles. The monoisotopic (exact) mass is 382 g/mol. The van der Waals surface area contributed by atoms with Gasteiger partial charge in [0.05, 0.1) is 0 Å². The van der Waals surface area contributed by atoms with E-state index in [1.165, 1.54) is 18.2 Å². The van der Waals surface area contributed by atoms with E-state index in [4.69, 9.17) is 4.42 Å². The van der Waals surface area contributed by atoms with Crippen LogP contribution in [0.25, 0.3) is 11.0 Å². The van der Waals surface area contributed by atoms with E-state index in [2.05, 4.69) is 15.9 Å². The molecule has 0 N–H and O–H groups in total. The Labute approximate surface area is 133 Å². The number of rotatable bonds is 2. The van der Waals surface area contributed by atoms with Crippen LogP contribution >= 0.6 is 15.9 Å². The first kappa shape index (κ1) is 14.9. The third kappa shape index (κ3) is 2.46. The van der Waals surface area contributed by atoms with Crippen LogP contribution in [0.3, 0.4) is 0 Å². The van der Waals surface area contributed by atoms with Crippen molar-refractivity contribution >= 4 is 36.7 Å². The first-order valence-corrected chi connectivity index (χ1v) is 8.40. The lowest BCUT2D eigenvalue weighted by molar-refractivity contribution is 0.528. The quantitative estimate of drug-likeness (QED) is 0.636. The van der Waals surface area contributed by atoms with Gasteiger partial charge in [-0.15, -0.1) is 0 Å². The maximum atomic E-state index is 13.8. The molecule has 0 fully saturated rings. The highest BCUT2D eigenvalue weighted by Gasteiger charge is 2.26. The number of halogens is 2. The summed E-state index contributed by atoms with van der Waals surface area (Å²) in [6, 6.07) is 10.9. The number of benzene rings is 2. The third-order valence-electron chi connectivity index (χ3n) is 3.08. The van der Waals surface area contributed by atoms with Crippen LogP contribution in [0, 0.1) is 5.82 Å². The van der Waals surface area contributed by atoms with E-state index in [1.54, 1.807) is 18.2 Å². The fourth-order valence-corrected chi connectivity index (χ4v) is 3.79. The molecule has 0 saturated carbocycles. The number of fused-ring (bicyclic) bond motifs is 1. The van der Waals surface area contributed by atoms with Crippen LogP contribution in [0.1, 0.15) is 0 Å². The van der Waals surface area contributed by atoms with Crippen molar-refractivity contribution in [3.05, 3.63) is 69.2 Å². The Morgan fingerprint density at radius 2 is 1.73 bits per heavy atom. The minimum absolute atomic E-state index is 0.251. The second kappa shape index (κ2) is 5.33. The second-order valence-corrected chi connectivity index (χ2v) is 7.32. The molecule has 0 unspecified atom stereocenters. The molecule has 0 amide bonds. The SMILES string of the molecule is O=c1oc2ccc(Br)cc2cc1S(=O)(=O)c1ccccc1F. The highest BCUT2D eigenvalue weighted by atomic mass is 79.9. The summed E-state index contributed by atoms with van der Waals surface area (Å²) in [4.78, 5) is 10.8. The Hall–Kier alpha value is -1.99. The molecule has 22 heavy (non-hydrogen) atoms. The lowest BCUT2D eigenvalue weighted by atomic mass is 10.2. The fourth-order valence-electron chi connectivity index (χ4n) is 2.04. The van der Waals surface area contributed by atoms with Crippen LogP contribution < -0.4 is 5.63 Å². The topological polar surface area (TPSA) is 64.3 Å². The van der Waals surface area contributed by atoms with Crippen molar-refractivity contribution in [2.75, 3.05) is 0 Å². The Morgan fingerprint density at radius 3 is 2.45 bits per heavy atom. The van der Waals surface area contributed by atoms with E-state index in [1.807, 2.05) is 0 Å². The van der Waals surface area contributed by atoms with E-state index in [0.29, 0.717) is 9.86 Å². The van der Waals surface area contributed by atoms with E-state index in [0.717, 1.165) is 12.1 Å². The molecule has 3 aromatic rings. The van der Waals surface area contributed by atoms with Gasteiger partial charge in [-0.25, -0.2) is 17.6 Å². The molecule has 0 spiro atoms. The van der Waals surface area contributed by atoms with Gasteiger partial charge in [0, 0.05) is 9.86 Å². The predicted molar refractivity (Wildman–Crippen MR) is 82.0 cm³/mol. The molecule has 112 valence electrons. The lowest BCUT2D eigenvalue weighted by Crippen LogP contribution is -2.15. The summed E-state index contributed by atoms with van der Waals surface area (Å²) in [5.74, 6) is -0.920. The average Bonchev–Trinajstić information content (AvgIpc) is 2.47. The van der Waals surface area contributed by atoms with Crippen LogP contribution in [0.15, 0.2) is 72.0 Å². The molecule has 4 nitrogen and oxygen atoms in total. The molecule has 0 radical (unpaired) electrons. The van der Waals surface area contributed by atoms with Gasteiger partial charge in [-0.2, -0.15) is 0 Å². The highest BCUT2D eigenvalue weighted by molar-refractivity contribution is 9.10. The Kier molecular flexibility index (Phi) is 3.62. The van der Waals surface area contributed by atoms with Crippen LogP contribution in [0.4, 0.5) is 4.39 Å². The summed E-state index contributed by atoms with van der Waals surface area (Å²) in [6.07, 6.45) is 0. The minimum atomic E-state index is -4.30. The van der Waals surface area contributed by atoms with Gasteiger partial charge < -0.3 is 4.42 Å². The van der Waals surface area contributed by atoms with Crippen molar-refractivity contribution < 1.29 is 17.2 Å². The summed E-state index contributed by atoms with van der Waals surface area (Å²) in [7, 11) is -4.30. The van der Waals surface area contributed by atoms with Crippen molar-refractivity contribution in [1.82, 2.24) is 0 Å². The van der Waals surface area contributed by atoms with Crippen LogP contribution in [-0.4, -0.2) is 8.42 Å². The molecule has 0 bridgehead atoms. The zero-order valence-electron chi connectivity index (χ0n) is 10.9. The molecule has 3 rings (SSSR count). The Morgan fingerprint density at radius 1 is 1.00 bits per heavy atom. The van der Waals surface area contributed by atoms with Crippen molar-refractivity contribution in [2.24, 2.45) is 0 Å². The van der Waals surface area contributed by atoms with E-state index in [9.17, 15) is 17.6 Å². The van der Waals surface area contributed by atoms with Gasteiger partial charge in [0.15, 0.2) is 4.90 Å². The van der Waals surface area contributed by atoms with Crippen molar-refractivity contribution in [2.45, 2.75) is 9.79 Å². The van der Waals surface area contributed by atoms with Crippen LogP contribution in [0.2, 0.25) is 0 Å². The zero-order valence-corrected chi connectivity index (χ0v) is 13.3. The molecular weight excluding hydrogens is 375 g/mol. The van der Waals surface area contributed by atoms with Crippen molar-refractivity contribution in [3.8, 4) is 0 Å². The molecule has 0 aliphatic carbocycles. The molecule has 1 heterocycles. The third-order valence-corrected chi connectivity index (χ3v) is 5.34. The molecule has 0 saturated heterocycles. The van der Waals surface area contributed by atoms with E-state index in [-0.39, 0.29) is 5.58 Å². The summed E-state index contributed by atoms with van der Waals surface area (Å²) < 4.78 is 44.5. The molecule has 7 heteroatoms. The largest absolute Gasteiger partial charge is 0.422 e. The van der Waals surface area contributed by atoms with Gasteiger partial charge in [-0.05, 0) is 36.4 Å². The first-order valence-electron chi connectivity index (χ1n) is 6.12. The summed E-state index contributed by atoms with van der Waals surface area (Å²) in [5.41, 5.74) is -0.779. The zero-order chi connectivity index (χ0) is 15.9. The lowest BCUT2D eigenvalue weighted by Gasteiger charge is -2.05. The maximum Gasteiger partial charge on any atom is 0.355 e. The molecule has 0 aliphatic rings. The van der Waals surface area contributed by atoms with Gasteiger partial charge >= 0.3 is 5.63 Å². The predicted octanol–water partition coefficient (Wildman–Crippen LogP) is 3.53. The van der Waals surface area contributed by atoms with Gasteiger partial charge in [0.1, 0.15) is 16.3 Å². The summed E-state index contributed by atoms with van der Waals surface area (Å²) in [6.45, 7) is 0. The van der Waals surface area contributed by atoms with E-state index < -0.39 is 31.1 Å². The molecular formula is C15H8BrFO4S. The Balaban J connectivity index is 2.32. The number of sulfone groups is 1. The van der Waals surface area contributed by atoms with Gasteiger partial charge in [-0.1, -0.05) is 28.1 Å². The van der Waals surface area contributed by atoms with Gasteiger partial charge in [0.25, 0.3) is 0 Å². The van der Waals surface area contributed by atoms with Crippen LogP contribution in [-0.2, 0) is 9.84 Å². The summed E-state index contributed by atoms with van der Waals surface area (Å²) in [5, 5.41) is 0.420. The van der Waals surface area contributed by atoms with Gasteiger partial charge in [0.2, 0.25) is 9.84 Å². The maximum absolute atomic E-state index is 13.8. The van der Waals surface area contributed by atoms with Crippen LogP contribution in [0.5, 0.6) is 0 Å². The summed E-state index contributed by atoms with van der Waals surface area (Å²) >= 11 is 3.25. The molecule has 1 aromatic heterocycles. The van der Waals surface area contributed by atoms with Crippen molar-refractivity contribution in [3.63, 3.8) is 0 Å². The van der Waals surface area contributed by atoms with Crippen molar-refractivity contribution in [1.29, 1.82) is 0 Å². The van der Waals surface area contributed by atoms with Gasteiger partial charge in [-0.3, -0.25) is 0 Å². The fraction of sp³-hybridized carbons (Fsp3) is 0. The standard InChI is InChI=1S/C15H8BrFO4S/c16-10-5-6-12-9(7-10)8-14(15(18)21-12)22(19,20)13-4-2-1-3-11(13)17/h1-8H. The number of hydrogen-bond acceptors (Lipinski definition) is 4. The first-order chi connectivity index (χ1) is 10.4. The Bertz CT molecular complexity index is 1040.